The lowest BCUT2D eigenvalue weighted by molar-refractivity contribution is -0.137. The molecular formula is C21H25F3N2O. The second-order valence-electron chi connectivity index (χ2n) is 7.11. The van der Waals surface area contributed by atoms with Gasteiger partial charge in [0.2, 0.25) is 0 Å². The maximum absolute atomic E-state index is 12.6. The van der Waals surface area contributed by atoms with Gasteiger partial charge in [-0.15, -0.1) is 0 Å². The van der Waals surface area contributed by atoms with E-state index in [4.69, 9.17) is 0 Å². The molecule has 3 rings (SSSR count). The van der Waals surface area contributed by atoms with Crippen molar-refractivity contribution in [2.24, 2.45) is 0 Å². The number of nitrogens with zero attached hydrogens (tertiary/aromatic N) is 2. The molecule has 0 spiro atoms. The standard InChI is InChI=1S/C21H25F3N2O/c22-21(23,24)19-8-6-18(7-9-19)15-25-10-12-26(13-11-25)16-20(27)14-17-4-2-1-3-5-17/h1-9,20,27H,10-16H2. The molecule has 0 aliphatic carbocycles. The molecule has 0 aromatic heterocycles. The minimum Gasteiger partial charge on any atom is -0.391 e. The summed E-state index contributed by atoms with van der Waals surface area (Å²) >= 11 is 0. The third-order valence-corrected chi connectivity index (χ3v) is 4.94. The van der Waals surface area contributed by atoms with E-state index in [1.807, 2.05) is 30.3 Å². The van der Waals surface area contributed by atoms with Crippen LogP contribution in [0.1, 0.15) is 16.7 Å². The average molecular weight is 378 g/mol. The van der Waals surface area contributed by atoms with Crippen LogP contribution in [0.4, 0.5) is 13.2 Å². The molecule has 1 heterocycles. The van der Waals surface area contributed by atoms with Crippen LogP contribution in [0.3, 0.4) is 0 Å². The summed E-state index contributed by atoms with van der Waals surface area (Å²) in [5.74, 6) is 0. The molecule has 0 bridgehead atoms. The average Bonchev–Trinajstić information content (AvgIpc) is 2.64. The Morgan fingerprint density at radius 3 is 2.00 bits per heavy atom. The monoisotopic (exact) mass is 378 g/mol. The lowest BCUT2D eigenvalue weighted by atomic mass is 10.1. The van der Waals surface area contributed by atoms with Crippen LogP contribution in [-0.4, -0.2) is 53.7 Å². The predicted molar refractivity (Wildman–Crippen MR) is 99.3 cm³/mol. The van der Waals surface area contributed by atoms with Gasteiger partial charge in [-0.1, -0.05) is 42.5 Å². The van der Waals surface area contributed by atoms with Crippen molar-refractivity contribution in [3.05, 3.63) is 71.3 Å². The number of rotatable bonds is 6. The quantitative estimate of drug-likeness (QED) is 0.834. The van der Waals surface area contributed by atoms with E-state index >= 15 is 0 Å². The summed E-state index contributed by atoms with van der Waals surface area (Å²) in [6, 6.07) is 15.3. The molecule has 0 radical (unpaired) electrons. The summed E-state index contributed by atoms with van der Waals surface area (Å²) in [4.78, 5) is 4.49. The number of halogens is 3. The topological polar surface area (TPSA) is 26.7 Å². The van der Waals surface area contributed by atoms with Crippen molar-refractivity contribution in [2.75, 3.05) is 32.7 Å². The molecule has 27 heavy (non-hydrogen) atoms. The van der Waals surface area contributed by atoms with Gasteiger partial charge >= 0.3 is 6.18 Å². The van der Waals surface area contributed by atoms with Gasteiger partial charge in [-0.3, -0.25) is 9.80 Å². The van der Waals surface area contributed by atoms with E-state index in [-0.39, 0.29) is 0 Å². The first-order valence-electron chi connectivity index (χ1n) is 9.23. The number of aliphatic hydroxyl groups is 1. The van der Waals surface area contributed by atoms with Gasteiger partial charge in [-0.05, 0) is 29.7 Å². The summed E-state index contributed by atoms with van der Waals surface area (Å²) in [6.45, 7) is 4.69. The number of aliphatic hydroxyl groups excluding tert-OH is 1. The van der Waals surface area contributed by atoms with E-state index in [0.29, 0.717) is 19.5 Å². The molecule has 2 aromatic carbocycles. The van der Waals surface area contributed by atoms with Crippen molar-refractivity contribution >= 4 is 0 Å². The highest BCUT2D eigenvalue weighted by molar-refractivity contribution is 5.24. The molecule has 1 saturated heterocycles. The third-order valence-electron chi connectivity index (χ3n) is 4.94. The van der Waals surface area contributed by atoms with Crippen LogP contribution in [0.25, 0.3) is 0 Å². The number of hydrogen-bond donors (Lipinski definition) is 1. The molecular weight excluding hydrogens is 353 g/mol. The van der Waals surface area contributed by atoms with E-state index in [1.165, 1.54) is 0 Å². The molecule has 6 heteroatoms. The highest BCUT2D eigenvalue weighted by atomic mass is 19.4. The fraction of sp³-hybridized carbons (Fsp3) is 0.429. The first kappa shape index (κ1) is 19.9. The first-order chi connectivity index (χ1) is 12.9. The molecule has 3 nitrogen and oxygen atoms in total. The van der Waals surface area contributed by atoms with E-state index in [0.717, 1.165) is 49.4 Å². The SMILES string of the molecule is OC(Cc1ccccc1)CN1CCN(Cc2ccc(C(F)(F)F)cc2)CC1. The second-order valence-corrected chi connectivity index (χ2v) is 7.11. The highest BCUT2D eigenvalue weighted by Crippen LogP contribution is 2.29. The lowest BCUT2D eigenvalue weighted by Gasteiger charge is -2.35. The largest absolute Gasteiger partial charge is 0.416 e. The van der Waals surface area contributed by atoms with Gasteiger partial charge in [0.25, 0.3) is 0 Å². The Hall–Kier alpha value is -1.89. The number of benzene rings is 2. The smallest absolute Gasteiger partial charge is 0.391 e. The van der Waals surface area contributed by atoms with Crippen molar-refractivity contribution in [3.63, 3.8) is 0 Å². The summed E-state index contributed by atoms with van der Waals surface area (Å²) < 4.78 is 37.9. The van der Waals surface area contributed by atoms with Crippen LogP contribution in [0.5, 0.6) is 0 Å². The normalized spacial score (nSPS) is 17.8. The second kappa shape index (κ2) is 8.87. The van der Waals surface area contributed by atoms with Crippen LogP contribution in [0.15, 0.2) is 54.6 Å². The summed E-state index contributed by atoms with van der Waals surface area (Å²) in [5, 5.41) is 10.3. The molecule has 1 aliphatic rings. The number of hydrogen-bond acceptors (Lipinski definition) is 3. The molecule has 0 amide bonds. The Kier molecular flexibility index (Phi) is 6.52. The summed E-state index contributed by atoms with van der Waals surface area (Å²) in [6.07, 6.45) is -4.04. The molecule has 1 atom stereocenters. The van der Waals surface area contributed by atoms with Crippen LogP contribution in [0.2, 0.25) is 0 Å². The van der Waals surface area contributed by atoms with Crippen LogP contribution in [0, 0.1) is 0 Å². The summed E-state index contributed by atoms with van der Waals surface area (Å²) in [5.41, 5.74) is 1.41. The van der Waals surface area contributed by atoms with Crippen molar-refractivity contribution in [2.45, 2.75) is 25.2 Å². The Morgan fingerprint density at radius 2 is 1.41 bits per heavy atom. The Balaban J connectivity index is 1.42. The van der Waals surface area contributed by atoms with Crippen molar-refractivity contribution in [1.82, 2.24) is 9.80 Å². The van der Waals surface area contributed by atoms with Crippen molar-refractivity contribution in [1.29, 1.82) is 0 Å². The van der Waals surface area contributed by atoms with Gasteiger partial charge in [-0.2, -0.15) is 13.2 Å². The molecule has 1 N–H and O–H groups in total. The maximum Gasteiger partial charge on any atom is 0.416 e. The van der Waals surface area contributed by atoms with Gasteiger partial charge < -0.3 is 5.11 Å². The molecule has 2 aromatic rings. The maximum atomic E-state index is 12.6. The zero-order valence-electron chi connectivity index (χ0n) is 15.2. The fourth-order valence-corrected chi connectivity index (χ4v) is 3.44. The lowest BCUT2D eigenvalue weighted by Crippen LogP contribution is -2.48. The van der Waals surface area contributed by atoms with E-state index < -0.39 is 17.8 Å². The first-order valence-corrected chi connectivity index (χ1v) is 9.23. The molecule has 1 fully saturated rings. The Labute approximate surface area is 158 Å². The molecule has 1 unspecified atom stereocenters. The summed E-state index contributed by atoms with van der Waals surface area (Å²) in [7, 11) is 0. The third kappa shape index (κ3) is 6.06. The van der Waals surface area contributed by atoms with Crippen molar-refractivity contribution < 1.29 is 18.3 Å². The van der Waals surface area contributed by atoms with Gasteiger partial charge in [-0.25, -0.2) is 0 Å². The highest BCUT2D eigenvalue weighted by Gasteiger charge is 2.30. The molecule has 1 aliphatic heterocycles. The van der Waals surface area contributed by atoms with Crippen LogP contribution >= 0.6 is 0 Å². The number of alkyl halides is 3. The Morgan fingerprint density at radius 1 is 0.815 bits per heavy atom. The van der Waals surface area contributed by atoms with E-state index in [9.17, 15) is 18.3 Å². The van der Waals surface area contributed by atoms with E-state index in [2.05, 4.69) is 9.80 Å². The van der Waals surface area contributed by atoms with Crippen LogP contribution in [-0.2, 0) is 19.1 Å². The van der Waals surface area contributed by atoms with E-state index in [1.54, 1.807) is 12.1 Å². The Bertz CT molecular complexity index is 696. The van der Waals surface area contributed by atoms with Crippen LogP contribution < -0.4 is 0 Å². The zero-order chi connectivity index (χ0) is 19.3. The minimum atomic E-state index is -4.29. The fourth-order valence-electron chi connectivity index (χ4n) is 3.44. The number of β-amino-alcohol motifs (C(OH)–C–C–N with tert-alkyl or cyclic N) is 1. The zero-order valence-corrected chi connectivity index (χ0v) is 15.2. The number of piperazine rings is 1. The minimum absolute atomic E-state index is 0.395. The molecule has 146 valence electrons. The predicted octanol–water partition coefficient (Wildman–Crippen LogP) is 3.43. The van der Waals surface area contributed by atoms with Gasteiger partial charge in [0, 0.05) is 39.3 Å². The van der Waals surface area contributed by atoms with Gasteiger partial charge in [0.05, 0.1) is 11.7 Å². The van der Waals surface area contributed by atoms with Crippen molar-refractivity contribution in [3.8, 4) is 0 Å². The molecule has 0 saturated carbocycles. The van der Waals surface area contributed by atoms with Gasteiger partial charge in [0.15, 0.2) is 0 Å². The van der Waals surface area contributed by atoms with Gasteiger partial charge in [0.1, 0.15) is 0 Å².